The van der Waals surface area contributed by atoms with Crippen molar-refractivity contribution in [2.24, 2.45) is 4.99 Å². The minimum atomic E-state index is -0.191. The number of guanidine groups is 1. The van der Waals surface area contributed by atoms with Gasteiger partial charge in [-0.2, -0.15) is 0 Å². The lowest BCUT2D eigenvalue weighted by atomic mass is 10.3. The molecule has 8 heteroatoms. The molecule has 0 aliphatic rings. The molecule has 1 aromatic carbocycles. The number of hydrogen-bond acceptors (Lipinski definition) is 4. The maximum absolute atomic E-state index is 12.8. The molecule has 2 N–H and O–H groups in total. The van der Waals surface area contributed by atoms with Crippen LogP contribution in [0.4, 0.5) is 4.39 Å². The van der Waals surface area contributed by atoms with E-state index in [0.717, 1.165) is 53.2 Å². The summed E-state index contributed by atoms with van der Waals surface area (Å²) >= 11 is 3.41. The predicted molar refractivity (Wildman–Crippen MR) is 117 cm³/mol. The summed E-state index contributed by atoms with van der Waals surface area (Å²) < 4.78 is 12.8. The van der Waals surface area contributed by atoms with Crippen molar-refractivity contribution in [2.45, 2.75) is 24.7 Å². The molecular weight excluding hydrogens is 470 g/mol. The van der Waals surface area contributed by atoms with E-state index >= 15 is 0 Å². The van der Waals surface area contributed by atoms with E-state index in [0.29, 0.717) is 0 Å². The normalized spacial score (nSPS) is 11.1. The molecule has 138 valence electrons. The van der Waals surface area contributed by atoms with Crippen molar-refractivity contribution in [2.75, 3.05) is 25.9 Å². The monoisotopic (exact) mass is 494 g/mol. The highest BCUT2D eigenvalue weighted by atomic mass is 127. The zero-order valence-electron chi connectivity index (χ0n) is 14.4. The number of benzene rings is 1. The van der Waals surface area contributed by atoms with Crippen LogP contribution in [-0.2, 0) is 6.42 Å². The number of aliphatic imine (C=N–C) groups is 1. The van der Waals surface area contributed by atoms with Crippen LogP contribution in [0.3, 0.4) is 0 Å². The number of rotatable bonds is 8. The van der Waals surface area contributed by atoms with Gasteiger partial charge in [-0.25, -0.2) is 9.37 Å². The molecule has 0 aliphatic carbocycles. The summed E-state index contributed by atoms with van der Waals surface area (Å²) in [6, 6.07) is 6.62. The predicted octanol–water partition coefficient (Wildman–Crippen LogP) is 4.10. The first-order chi connectivity index (χ1) is 11.7. The van der Waals surface area contributed by atoms with Gasteiger partial charge in [0.2, 0.25) is 0 Å². The highest BCUT2D eigenvalue weighted by molar-refractivity contribution is 14.0. The number of thioether (sulfide) groups is 1. The van der Waals surface area contributed by atoms with Crippen molar-refractivity contribution >= 4 is 53.0 Å². The second-order valence-electron chi connectivity index (χ2n) is 5.19. The van der Waals surface area contributed by atoms with E-state index in [1.165, 1.54) is 12.1 Å². The summed E-state index contributed by atoms with van der Waals surface area (Å²) in [5, 5.41) is 9.80. The van der Waals surface area contributed by atoms with Crippen LogP contribution in [0.2, 0.25) is 0 Å². The minimum absolute atomic E-state index is 0. The van der Waals surface area contributed by atoms with E-state index in [-0.39, 0.29) is 29.8 Å². The van der Waals surface area contributed by atoms with Gasteiger partial charge >= 0.3 is 0 Å². The number of aryl methyl sites for hydroxylation is 1. The Hall–Kier alpha value is -0.870. The first-order valence-corrected chi connectivity index (χ1v) is 9.78. The third-order valence-corrected chi connectivity index (χ3v) is 5.18. The lowest BCUT2D eigenvalue weighted by molar-refractivity contribution is 0.626. The fraction of sp³-hybridized carbons (Fsp3) is 0.412. The van der Waals surface area contributed by atoms with Gasteiger partial charge in [-0.05, 0) is 43.4 Å². The van der Waals surface area contributed by atoms with Gasteiger partial charge in [0.25, 0.3) is 0 Å². The molecule has 0 saturated heterocycles. The van der Waals surface area contributed by atoms with Gasteiger partial charge in [0, 0.05) is 36.8 Å². The maximum atomic E-state index is 12.8. The number of thiazole rings is 1. The average molecular weight is 494 g/mol. The molecule has 2 rings (SSSR count). The van der Waals surface area contributed by atoms with Crippen LogP contribution in [0, 0.1) is 12.7 Å². The van der Waals surface area contributed by atoms with Gasteiger partial charge in [-0.1, -0.05) is 0 Å². The van der Waals surface area contributed by atoms with Crippen LogP contribution < -0.4 is 10.6 Å². The smallest absolute Gasteiger partial charge is 0.190 e. The summed E-state index contributed by atoms with van der Waals surface area (Å²) in [6.45, 7) is 3.68. The zero-order chi connectivity index (χ0) is 17.2. The quantitative estimate of drug-likeness (QED) is 0.191. The van der Waals surface area contributed by atoms with Crippen LogP contribution in [0.1, 0.15) is 17.1 Å². The highest BCUT2D eigenvalue weighted by Crippen LogP contribution is 2.18. The maximum Gasteiger partial charge on any atom is 0.190 e. The Morgan fingerprint density at radius 1 is 1.24 bits per heavy atom. The molecule has 0 spiro atoms. The van der Waals surface area contributed by atoms with Gasteiger partial charge in [0.05, 0.1) is 10.7 Å². The van der Waals surface area contributed by atoms with Crippen LogP contribution in [-0.4, -0.2) is 36.8 Å². The first-order valence-electron chi connectivity index (χ1n) is 7.91. The number of aromatic nitrogens is 1. The Morgan fingerprint density at radius 2 is 1.96 bits per heavy atom. The van der Waals surface area contributed by atoms with E-state index in [1.807, 2.05) is 19.1 Å². The number of nitrogens with one attached hydrogen (secondary N) is 2. The first kappa shape index (κ1) is 22.2. The molecule has 0 bridgehead atoms. The third kappa shape index (κ3) is 8.87. The summed E-state index contributed by atoms with van der Waals surface area (Å²) in [7, 11) is 1.77. The number of halogens is 2. The molecule has 0 amide bonds. The third-order valence-electron chi connectivity index (χ3n) is 3.26. The molecule has 0 unspecified atom stereocenters. The second kappa shape index (κ2) is 12.5. The fourth-order valence-corrected chi connectivity index (χ4v) is 3.55. The molecule has 0 fully saturated rings. The average Bonchev–Trinajstić information content (AvgIpc) is 3.00. The number of hydrogen-bond donors (Lipinski definition) is 2. The number of nitrogens with zero attached hydrogens (tertiary/aromatic N) is 2. The standard InChI is InChI=1S/C17H23FN4S2.HI/c1-13-22-15(12-24-13)8-10-21-17(19-2)20-9-3-11-23-16-6-4-14(18)5-7-16;/h4-7,12H,3,8-11H2,1-2H3,(H2,19,20,21);1H. The van der Waals surface area contributed by atoms with Crippen LogP contribution in [0.5, 0.6) is 0 Å². The molecule has 0 saturated carbocycles. The minimum Gasteiger partial charge on any atom is -0.356 e. The largest absolute Gasteiger partial charge is 0.356 e. The SMILES string of the molecule is CN=C(NCCCSc1ccc(F)cc1)NCCc1csc(C)n1.I. The van der Waals surface area contributed by atoms with Crippen LogP contribution in [0.15, 0.2) is 39.5 Å². The molecule has 0 aliphatic heterocycles. The fourth-order valence-electron chi connectivity index (χ4n) is 2.05. The Kier molecular flexibility index (Phi) is 11.1. The summed E-state index contributed by atoms with van der Waals surface area (Å²) in [5.74, 6) is 1.60. The molecule has 4 nitrogen and oxygen atoms in total. The Labute approximate surface area is 174 Å². The van der Waals surface area contributed by atoms with Gasteiger partial charge in [-0.3, -0.25) is 4.99 Å². The Bertz CT molecular complexity index is 646. The molecule has 0 radical (unpaired) electrons. The van der Waals surface area contributed by atoms with E-state index < -0.39 is 0 Å². The van der Waals surface area contributed by atoms with Crippen molar-refractivity contribution in [1.82, 2.24) is 15.6 Å². The van der Waals surface area contributed by atoms with Gasteiger partial charge < -0.3 is 10.6 Å². The second-order valence-corrected chi connectivity index (χ2v) is 7.42. The molecular formula is C17H24FIN4S2. The zero-order valence-corrected chi connectivity index (χ0v) is 18.4. The lowest BCUT2D eigenvalue weighted by Gasteiger charge is -2.11. The molecule has 1 heterocycles. The van der Waals surface area contributed by atoms with Gasteiger partial charge in [-0.15, -0.1) is 47.1 Å². The lowest BCUT2D eigenvalue weighted by Crippen LogP contribution is -2.38. The van der Waals surface area contributed by atoms with Crippen molar-refractivity contribution in [1.29, 1.82) is 0 Å². The van der Waals surface area contributed by atoms with E-state index in [9.17, 15) is 4.39 Å². The van der Waals surface area contributed by atoms with Crippen molar-refractivity contribution < 1.29 is 4.39 Å². The summed E-state index contributed by atoms with van der Waals surface area (Å²) in [4.78, 5) is 9.76. The molecule has 1 aromatic heterocycles. The van der Waals surface area contributed by atoms with E-state index in [1.54, 1.807) is 30.1 Å². The topological polar surface area (TPSA) is 49.3 Å². The Balaban J connectivity index is 0.00000312. The summed E-state index contributed by atoms with van der Waals surface area (Å²) in [5.41, 5.74) is 1.12. The van der Waals surface area contributed by atoms with Crippen molar-refractivity contribution in [3.05, 3.63) is 46.2 Å². The summed E-state index contributed by atoms with van der Waals surface area (Å²) in [6.07, 6.45) is 1.90. The van der Waals surface area contributed by atoms with Gasteiger partial charge in [0.1, 0.15) is 5.82 Å². The van der Waals surface area contributed by atoms with E-state index in [4.69, 9.17) is 0 Å². The molecule has 0 atom stereocenters. The highest BCUT2D eigenvalue weighted by Gasteiger charge is 2.01. The van der Waals surface area contributed by atoms with Crippen molar-refractivity contribution in [3.63, 3.8) is 0 Å². The molecule has 25 heavy (non-hydrogen) atoms. The van der Waals surface area contributed by atoms with E-state index in [2.05, 4.69) is 26.0 Å². The molecule has 2 aromatic rings. The van der Waals surface area contributed by atoms with Crippen LogP contribution >= 0.6 is 47.1 Å². The Morgan fingerprint density at radius 3 is 2.60 bits per heavy atom. The van der Waals surface area contributed by atoms with Crippen LogP contribution in [0.25, 0.3) is 0 Å². The van der Waals surface area contributed by atoms with Crippen molar-refractivity contribution in [3.8, 4) is 0 Å². The van der Waals surface area contributed by atoms with Gasteiger partial charge in [0.15, 0.2) is 5.96 Å².